The number of fused-ring (bicyclic) bond motifs is 1. The van der Waals surface area contributed by atoms with Crippen molar-refractivity contribution in [2.75, 3.05) is 11.9 Å². The quantitative estimate of drug-likeness (QED) is 0.640. The molecule has 7 heteroatoms. The molecule has 0 spiro atoms. The van der Waals surface area contributed by atoms with Crippen LogP contribution in [0.5, 0.6) is 0 Å². The molecular formula is C18H18N2O3S2. The second-order valence-electron chi connectivity index (χ2n) is 5.90. The van der Waals surface area contributed by atoms with Gasteiger partial charge < -0.3 is 10.1 Å². The highest BCUT2D eigenvalue weighted by Crippen LogP contribution is 2.36. The zero-order chi connectivity index (χ0) is 17.6. The lowest BCUT2D eigenvalue weighted by Crippen LogP contribution is -2.21. The smallest absolute Gasteiger partial charge is 0.310 e. The fourth-order valence-corrected chi connectivity index (χ4v) is 4.79. The Hall–Kier alpha value is -2.17. The minimum atomic E-state index is -0.434. The third kappa shape index (κ3) is 4.47. The molecule has 2 aromatic rings. The van der Waals surface area contributed by atoms with Gasteiger partial charge >= 0.3 is 5.97 Å². The molecule has 1 N–H and O–H groups in total. The van der Waals surface area contributed by atoms with Crippen molar-refractivity contribution in [3.05, 3.63) is 38.4 Å². The van der Waals surface area contributed by atoms with Crippen LogP contribution in [0.4, 0.5) is 5.00 Å². The van der Waals surface area contributed by atoms with Gasteiger partial charge in [-0.25, -0.2) is 0 Å². The van der Waals surface area contributed by atoms with E-state index in [0.29, 0.717) is 10.6 Å². The van der Waals surface area contributed by atoms with E-state index in [9.17, 15) is 14.9 Å². The minimum absolute atomic E-state index is 0.160. The van der Waals surface area contributed by atoms with E-state index in [1.807, 2.05) is 16.8 Å². The van der Waals surface area contributed by atoms with Crippen LogP contribution >= 0.6 is 22.7 Å². The van der Waals surface area contributed by atoms with E-state index < -0.39 is 11.9 Å². The minimum Gasteiger partial charge on any atom is -0.455 e. The van der Waals surface area contributed by atoms with Crippen LogP contribution in [-0.4, -0.2) is 18.5 Å². The average molecular weight is 374 g/mol. The molecule has 130 valence electrons. The van der Waals surface area contributed by atoms with Crippen molar-refractivity contribution in [3.63, 3.8) is 0 Å². The van der Waals surface area contributed by atoms with Crippen molar-refractivity contribution >= 4 is 39.6 Å². The monoisotopic (exact) mass is 374 g/mol. The first-order valence-electron chi connectivity index (χ1n) is 8.18. The number of hydrogen-bond acceptors (Lipinski definition) is 6. The molecule has 0 atom stereocenters. The first-order chi connectivity index (χ1) is 12.2. The molecule has 1 aliphatic rings. The number of nitriles is 1. The van der Waals surface area contributed by atoms with E-state index in [-0.39, 0.29) is 13.0 Å². The van der Waals surface area contributed by atoms with Crippen molar-refractivity contribution in [1.82, 2.24) is 0 Å². The summed E-state index contributed by atoms with van der Waals surface area (Å²) in [5, 5.41) is 16.5. The number of nitrogens with zero attached hydrogens (tertiary/aromatic N) is 1. The van der Waals surface area contributed by atoms with Gasteiger partial charge in [-0.2, -0.15) is 16.6 Å². The number of anilines is 1. The predicted octanol–water partition coefficient (Wildman–Crippen LogP) is 3.67. The van der Waals surface area contributed by atoms with Gasteiger partial charge in [-0.3, -0.25) is 9.59 Å². The van der Waals surface area contributed by atoms with Crippen LogP contribution < -0.4 is 5.32 Å². The Balaban J connectivity index is 1.58. The van der Waals surface area contributed by atoms with E-state index in [4.69, 9.17) is 4.74 Å². The van der Waals surface area contributed by atoms with Gasteiger partial charge in [0.05, 0.1) is 12.0 Å². The number of carbonyl (C=O) groups is 2. The summed E-state index contributed by atoms with van der Waals surface area (Å²) in [5.74, 6) is -0.845. The van der Waals surface area contributed by atoms with Crippen molar-refractivity contribution in [1.29, 1.82) is 5.26 Å². The number of esters is 1. The van der Waals surface area contributed by atoms with Gasteiger partial charge in [0.15, 0.2) is 6.61 Å². The summed E-state index contributed by atoms with van der Waals surface area (Å²) in [5.41, 5.74) is 2.53. The molecular weight excluding hydrogens is 356 g/mol. The number of nitrogens with one attached hydrogen (secondary N) is 1. The van der Waals surface area contributed by atoms with Crippen LogP contribution in [0.2, 0.25) is 0 Å². The number of rotatable bonds is 5. The van der Waals surface area contributed by atoms with Crippen LogP contribution in [0.3, 0.4) is 0 Å². The number of ether oxygens (including phenoxy) is 1. The van der Waals surface area contributed by atoms with E-state index >= 15 is 0 Å². The molecule has 3 rings (SSSR count). The standard InChI is InChI=1S/C18H18N2O3S2/c19-9-14-13-4-2-1-3-5-15(13)25-18(14)20-16(21)10-23-17(22)8-12-6-7-24-11-12/h6-7,11H,1-5,8,10H2,(H,20,21). The number of hydrogen-bond donors (Lipinski definition) is 1. The molecule has 2 aromatic heterocycles. The molecule has 1 aliphatic carbocycles. The van der Waals surface area contributed by atoms with Crippen molar-refractivity contribution < 1.29 is 14.3 Å². The van der Waals surface area contributed by atoms with Crippen molar-refractivity contribution in [3.8, 4) is 6.07 Å². The lowest BCUT2D eigenvalue weighted by Gasteiger charge is -2.05. The summed E-state index contributed by atoms with van der Waals surface area (Å²) >= 11 is 2.98. The molecule has 0 saturated carbocycles. The van der Waals surface area contributed by atoms with Gasteiger partial charge in [0.25, 0.3) is 5.91 Å². The van der Waals surface area contributed by atoms with Crippen molar-refractivity contribution in [2.45, 2.75) is 38.5 Å². The topological polar surface area (TPSA) is 79.2 Å². The Morgan fingerprint density at radius 2 is 2.12 bits per heavy atom. The maximum atomic E-state index is 12.1. The first-order valence-corrected chi connectivity index (χ1v) is 9.94. The molecule has 0 saturated heterocycles. The highest BCUT2D eigenvalue weighted by Gasteiger charge is 2.21. The second kappa shape index (κ2) is 8.28. The maximum absolute atomic E-state index is 12.1. The number of aryl methyl sites for hydroxylation is 1. The van der Waals surface area contributed by atoms with E-state index in [1.165, 1.54) is 34.0 Å². The molecule has 1 amide bonds. The number of amides is 1. The fraction of sp³-hybridized carbons (Fsp3) is 0.389. The highest BCUT2D eigenvalue weighted by molar-refractivity contribution is 7.16. The van der Waals surface area contributed by atoms with E-state index in [1.54, 1.807) is 0 Å². The molecule has 25 heavy (non-hydrogen) atoms. The summed E-state index contributed by atoms with van der Waals surface area (Å²) in [4.78, 5) is 25.0. The molecule has 5 nitrogen and oxygen atoms in total. The van der Waals surface area contributed by atoms with Crippen LogP contribution in [0, 0.1) is 11.3 Å². The molecule has 0 aromatic carbocycles. The maximum Gasteiger partial charge on any atom is 0.310 e. The Labute approximate surface area is 154 Å². The third-order valence-corrected chi connectivity index (χ3v) is 6.02. The van der Waals surface area contributed by atoms with Gasteiger partial charge in [0.2, 0.25) is 0 Å². The third-order valence-electron chi connectivity index (χ3n) is 4.08. The molecule has 0 unspecified atom stereocenters. The largest absolute Gasteiger partial charge is 0.455 e. The molecule has 0 radical (unpaired) electrons. The first kappa shape index (κ1) is 17.6. The predicted molar refractivity (Wildman–Crippen MR) is 97.9 cm³/mol. The zero-order valence-corrected chi connectivity index (χ0v) is 15.3. The Morgan fingerprint density at radius 1 is 1.28 bits per heavy atom. The van der Waals surface area contributed by atoms with Gasteiger partial charge in [0, 0.05) is 4.88 Å². The molecule has 0 fully saturated rings. The van der Waals surface area contributed by atoms with Gasteiger partial charge in [0.1, 0.15) is 11.1 Å². The normalized spacial score (nSPS) is 13.4. The molecule has 2 heterocycles. The van der Waals surface area contributed by atoms with Crippen molar-refractivity contribution in [2.24, 2.45) is 0 Å². The Kier molecular flexibility index (Phi) is 5.84. The van der Waals surface area contributed by atoms with Crippen LogP contribution in [0.25, 0.3) is 0 Å². The van der Waals surface area contributed by atoms with Gasteiger partial charge in [-0.05, 0) is 53.6 Å². The second-order valence-corrected chi connectivity index (χ2v) is 7.78. The summed E-state index contributed by atoms with van der Waals surface area (Å²) < 4.78 is 5.02. The lowest BCUT2D eigenvalue weighted by molar-refractivity contribution is -0.146. The van der Waals surface area contributed by atoms with E-state index in [2.05, 4.69) is 11.4 Å². The zero-order valence-electron chi connectivity index (χ0n) is 13.7. The Morgan fingerprint density at radius 3 is 2.88 bits per heavy atom. The Bertz CT molecular complexity index is 803. The average Bonchev–Trinajstić information content (AvgIpc) is 3.14. The van der Waals surface area contributed by atoms with Crippen LogP contribution in [-0.2, 0) is 33.6 Å². The summed E-state index contributed by atoms with van der Waals surface area (Å²) in [6, 6.07) is 4.07. The van der Waals surface area contributed by atoms with Crippen LogP contribution in [0.1, 0.15) is 40.8 Å². The SMILES string of the molecule is N#Cc1c(NC(=O)COC(=O)Cc2ccsc2)sc2c1CCCCC2. The summed E-state index contributed by atoms with van der Waals surface area (Å²) in [6.07, 6.45) is 5.37. The molecule has 0 bridgehead atoms. The fourth-order valence-electron chi connectivity index (χ4n) is 2.87. The van der Waals surface area contributed by atoms with Crippen LogP contribution in [0.15, 0.2) is 16.8 Å². The summed E-state index contributed by atoms with van der Waals surface area (Å²) in [6.45, 7) is -0.337. The highest BCUT2D eigenvalue weighted by atomic mass is 32.1. The van der Waals surface area contributed by atoms with Gasteiger partial charge in [-0.1, -0.05) is 6.42 Å². The molecule has 0 aliphatic heterocycles. The van der Waals surface area contributed by atoms with Gasteiger partial charge in [-0.15, -0.1) is 11.3 Å². The number of thiophene rings is 2. The summed E-state index contributed by atoms with van der Waals surface area (Å²) in [7, 11) is 0. The lowest BCUT2D eigenvalue weighted by atomic mass is 10.1. The van der Waals surface area contributed by atoms with E-state index in [0.717, 1.165) is 36.8 Å². The number of carbonyl (C=O) groups excluding carboxylic acids is 2.